The van der Waals surface area contributed by atoms with Gasteiger partial charge in [0.1, 0.15) is 0 Å². The molecule has 0 unspecified atom stereocenters. The maximum Gasteiger partial charge on any atom is 0.311 e. The maximum atomic E-state index is 12.6. The molecular weight excluding hydrogens is 362 g/mol. The van der Waals surface area contributed by atoms with Crippen molar-refractivity contribution in [1.82, 2.24) is 4.90 Å². The van der Waals surface area contributed by atoms with Gasteiger partial charge in [0.05, 0.1) is 31.8 Å². The lowest BCUT2D eigenvalue weighted by atomic mass is 9.78. The second-order valence-electron chi connectivity index (χ2n) is 8.59. The molecule has 0 fully saturated rings. The van der Waals surface area contributed by atoms with Gasteiger partial charge in [0.2, 0.25) is 8.32 Å². The van der Waals surface area contributed by atoms with Crippen LogP contribution in [0.1, 0.15) is 41.0 Å². The van der Waals surface area contributed by atoms with Gasteiger partial charge in [-0.3, -0.25) is 14.5 Å². The van der Waals surface area contributed by atoms with Crippen molar-refractivity contribution >= 4 is 20.3 Å². The molecular formula is C20H37NO5Si. The van der Waals surface area contributed by atoms with Crippen LogP contribution in [0.5, 0.6) is 0 Å². The summed E-state index contributed by atoms with van der Waals surface area (Å²) in [5.74, 6) is -1.21. The van der Waals surface area contributed by atoms with Gasteiger partial charge < -0.3 is 13.9 Å². The van der Waals surface area contributed by atoms with Gasteiger partial charge in [-0.15, -0.1) is 0 Å². The number of hydrogen-bond donors (Lipinski definition) is 0. The zero-order valence-electron chi connectivity index (χ0n) is 18.4. The summed E-state index contributed by atoms with van der Waals surface area (Å²) in [5, 5.41) is 0.0402. The van der Waals surface area contributed by atoms with E-state index in [4.69, 9.17) is 13.9 Å². The molecule has 7 heteroatoms. The van der Waals surface area contributed by atoms with Crippen LogP contribution in [-0.4, -0.2) is 58.5 Å². The van der Waals surface area contributed by atoms with Gasteiger partial charge in [-0.25, -0.2) is 0 Å². The first-order valence-corrected chi connectivity index (χ1v) is 12.6. The molecule has 0 aromatic rings. The number of methoxy groups -OCH3 is 2. The Balaban J connectivity index is 3.40. The van der Waals surface area contributed by atoms with Crippen molar-refractivity contribution in [3.63, 3.8) is 0 Å². The Morgan fingerprint density at radius 1 is 1.11 bits per heavy atom. The van der Waals surface area contributed by atoms with E-state index in [9.17, 15) is 9.59 Å². The monoisotopic (exact) mass is 399 g/mol. The minimum Gasteiger partial charge on any atom is -0.547 e. The number of carbonyl (C=O) groups is 2. The third-order valence-corrected chi connectivity index (χ3v) is 10.4. The molecule has 6 nitrogen and oxygen atoms in total. The summed E-state index contributed by atoms with van der Waals surface area (Å²) in [6.45, 7) is 16.5. The first kappa shape index (κ1) is 23.7. The van der Waals surface area contributed by atoms with Crippen LogP contribution in [0.15, 0.2) is 11.8 Å². The predicted octanol–water partition coefficient (Wildman–Crippen LogP) is 3.58. The number of ether oxygens (including phenoxy) is 2. The average Bonchev–Trinajstić information content (AvgIpc) is 2.59. The molecule has 0 spiro atoms. The summed E-state index contributed by atoms with van der Waals surface area (Å²) >= 11 is 0. The molecule has 1 aliphatic rings. The highest BCUT2D eigenvalue weighted by molar-refractivity contribution is 6.74. The van der Waals surface area contributed by atoms with Crippen molar-refractivity contribution in [3.8, 4) is 0 Å². The van der Waals surface area contributed by atoms with Crippen LogP contribution in [0.2, 0.25) is 18.1 Å². The number of likely N-dealkylation sites (N-methyl/N-ethyl adjacent to an activating group) is 1. The first-order valence-electron chi connectivity index (χ1n) is 9.72. The third kappa shape index (κ3) is 5.35. The Kier molecular flexibility index (Phi) is 8.10. The highest BCUT2D eigenvalue weighted by Crippen LogP contribution is 2.42. The Hall–Kier alpha value is -1.34. The molecule has 1 aliphatic carbocycles. The number of carbonyl (C=O) groups excluding carboxylic acids is 2. The summed E-state index contributed by atoms with van der Waals surface area (Å²) < 4.78 is 16.6. The van der Waals surface area contributed by atoms with E-state index in [1.165, 1.54) is 14.2 Å². The van der Waals surface area contributed by atoms with E-state index in [-0.39, 0.29) is 17.0 Å². The Morgan fingerprint density at radius 3 is 2.04 bits per heavy atom. The fraction of sp³-hybridized carbons (Fsp3) is 0.800. The Morgan fingerprint density at radius 2 is 1.63 bits per heavy atom. The molecule has 0 aliphatic heterocycles. The van der Waals surface area contributed by atoms with Gasteiger partial charge in [-0.2, -0.15) is 0 Å². The van der Waals surface area contributed by atoms with Crippen LogP contribution in [0, 0.1) is 11.8 Å². The molecule has 0 saturated carbocycles. The summed E-state index contributed by atoms with van der Waals surface area (Å²) in [5.41, 5.74) is 0. The van der Waals surface area contributed by atoms with Crippen molar-refractivity contribution in [2.24, 2.45) is 11.8 Å². The van der Waals surface area contributed by atoms with Crippen molar-refractivity contribution < 1.29 is 23.5 Å². The molecule has 156 valence electrons. The van der Waals surface area contributed by atoms with Gasteiger partial charge >= 0.3 is 11.9 Å². The summed E-state index contributed by atoms with van der Waals surface area (Å²) in [7, 11) is 0.655. The molecule has 0 saturated heterocycles. The molecule has 1 rings (SSSR count). The smallest absolute Gasteiger partial charge is 0.311 e. The topological polar surface area (TPSA) is 65.1 Å². The first-order chi connectivity index (χ1) is 12.4. The van der Waals surface area contributed by atoms with Gasteiger partial charge in [-0.05, 0) is 37.3 Å². The van der Waals surface area contributed by atoms with Crippen LogP contribution in [0.3, 0.4) is 0 Å². The Bertz CT molecular complexity index is 563. The van der Waals surface area contributed by atoms with E-state index in [0.717, 1.165) is 18.8 Å². The van der Waals surface area contributed by atoms with E-state index in [2.05, 4.69) is 38.8 Å². The minimum absolute atomic E-state index is 0.0402. The maximum absolute atomic E-state index is 12.6. The van der Waals surface area contributed by atoms with Gasteiger partial charge in [0, 0.05) is 12.5 Å². The van der Waals surface area contributed by atoms with Crippen LogP contribution >= 0.6 is 0 Å². The largest absolute Gasteiger partial charge is 0.547 e. The molecule has 3 atom stereocenters. The summed E-state index contributed by atoms with van der Waals surface area (Å²) in [6, 6.07) is -0.259. The molecule has 0 aromatic carbocycles. The fourth-order valence-corrected chi connectivity index (χ4v) is 4.41. The zero-order chi connectivity index (χ0) is 21.0. The second-order valence-corrected chi connectivity index (χ2v) is 13.3. The fourth-order valence-electron chi connectivity index (χ4n) is 3.30. The van der Waals surface area contributed by atoms with E-state index in [0.29, 0.717) is 6.42 Å². The summed E-state index contributed by atoms with van der Waals surface area (Å²) in [4.78, 5) is 27.3. The van der Waals surface area contributed by atoms with Crippen LogP contribution in [0.4, 0.5) is 0 Å². The number of allylic oxidation sites excluding steroid dienone is 1. The minimum atomic E-state index is -2.06. The van der Waals surface area contributed by atoms with Gasteiger partial charge in [0.25, 0.3) is 0 Å². The lowest BCUT2D eigenvalue weighted by molar-refractivity contribution is -0.160. The molecule has 0 aromatic heterocycles. The van der Waals surface area contributed by atoms with Crippen molar-refractivity contribution in [1.29, 1.82) is 0 Å². The number of nitrogens with zero attached hydrogens (tertiary/aromatic N) is 1. The van der Waals surface area contributed by atoms with Crippen molar-refractivity contribution in [2.45, 2.75) is 65.2 Å². The lowest BCUT2D eigenvalue weighted by Crippen LogP contribution is -2.51. The zero-order valence-corrected chi connectivity index (χ0v) is 19.4. The summed E-state index contributed by atoms with van der Waals surface area (Å²) in [6.07, 6.45) is 2.38. The van der Waals surface area contributed by atoms with E-state index >= 15 is 0 Å². The third-order valence-electron chi connectivity index (χ3n) is 5.98. The predicted molar refractivity (Wildman–Crippen MR) is 109 cm³/mol. The van der Waals surface area contributed by atoms with Crippen LogP contribution in [0.25, 0.3) is 0 Å². The molecule has 0 bridgehead atoms. The number of esters is 2. The van der Waals surface area contributed by atoms with Gasteiger partial charge in [-0.1, -0.05) is 34.6 Å². The SMILES string of the molecule is CCN(CC)[C@@H]1C=C(O[Si](C)(C)C(C)(C)C)C[C@@H](C(=O)OC)[C@H]1C(=O)OC. The normalized spacial score (nSPS) is 23.6. The molecule has 0 N–H and O–H groups in total. The number of hydrogen-bond acceptors (Lipinski definition) is 6. The molecule has 27 heavy (non-hydrogen) atoms. The number of rotatable bonds is 7. The Labute approximate surface area is 165 Å². The van der Waals surface area contributed by atoms with Crippen LogP contribution < -0.4 is 0 Å². The molecule has 0 radical (unpaired) electrons. The van der Waals surface area contributed by atoms with Crippen LogP contribution in [-0.2, 0) is 23.5 Å². The standard InChI is InChI=1S/C20H37NO5Si/c1-10-21(11-2)16-13-14(26-27(8,9)20(3,4)5)12-15(18(22)24-6)17(16)19(23)25-7/h13,15-17H,10-12H2,1-9H3/t15-,16-,17-/m1/s1. The van der Waals surface area contributed by atoms with E-state index in [1.54, 1.807) is 0 Å². The molecule has 0 heterocycles. The van der Waals surface area contributed by atoms with Crippen molar-refractivity contribution in [2.75, 3.05) is 27.3 Å². The molecule has 0 amide bonds. The van der Waals surface area contributed by atoms with Crippen molar-refractivity contribution in [3.05, 3.63) is 11.8 Å². The highest BCUT2D eigenvalue weighted by atomic mass is 28.4. The van der Waals surface area contributed by atoms with E-state index in [1.807, 2.05) is 19.9 Å². The second kappa shape index (κ2) is 9.23. The average molecular weight is 400 g/mol. The lowest BCUT2D eigenvalue weighted by Gasteiger charge is -2.43. The van der Waals surface area contributed by atoms with Gasteiger partial charge in [0.15, 0.2) is 0 Å². The van der Waals surface area contributed by atoms with E-state index < -0.39 is 26.1 Å². The quantitative estimate of drug-likeness (QED) is 0.481. The highest BCUT2D eigenvalue weighted by Gasteiger charge is 2.47.